The first kappa shape index (κ1) is 17.1. The molecule has 0 N–H and O–H groups in total. The van der Waals surface area contributed by atoms with E-state index in [2.05, 4.69) is 5.10 Å². The molecule has 0 saturated carbocycles. The SMILES string of the molecule is CCCOC(=O)CN1C(=O)CN(/N=C/c2ccc([N+](=O)[O-])o2)C1=O. The Hall–Kier alpha value is -3.24. The highest BCUT2D eigenvalue weighted by molar-refractivity contribution is 6.04. The maximum atomic E-state index is 12.0. The number of nitro groups is 1. The van der Waals surface area contributed by atoms with Gasteiger partial charge in [0.05, 0.1) is 18.9 Å². The van der Waals surface area contributed by atoms with Crippen LogP contribution in [0.2, 0.25) is 0 Å². The molecule has 2 heterocycles. The van der Waals surface area contributed by atoms with Crippen LogP contribution in [-0.4, -0.2) is 58.7 Å². The quantitative estimate of drug-likeness (QED) is 0.235. The smallest absolute Gasteiger partial charge is 0.433 e. The maximum Gasteiger partial charge on any atom is 0.433 e. The van der Waals surface area contributed by atoms with Crippen LogP contribution >= 0.6 is 0 Å². The van der Waals surface area contributed by atoms with E-state index in [0.29, 0.717) is 6.42 Å². The van der Waals surface area contributed by atoms with Crippen molar-refractivity contribution in [3.8, 4) is 0 Å². The summed E-state index contributed by atoms with van der Waals surface area (Å²) in [6.07, 6.45) is 1.69. The summed E-state index contributed by atoms with van der Waals surface area (Å²) >= 11 is 0. The molecule has 128 valence electrons. The first-order chi connectivity index (χ1) is 11.4. The molecule has 0 atom stereocenters. The molecule has 1 aromatic rings. The fourth-order valence-electron chi connectivity index (χ4n) is 1.80. The first-order valence-corrected chi connectivity index (χ1v) is 6.98. The third-order valence-corrected chi connectivity index (χ3v) is 2.91. The van der Waals surface area contributed by atoms with Gasteiger partial charge in [0.15, 0.2) is 5.76 Å². The number of hydrogen-bond acceptors (Lipinski definition) is 8. The zero-order valence-corrected chi connectivity index (χ0v) is 12.7. The van der Waals surface area contributed by atoms with Crippen LogP contribution in [0.25, 0.3) is 0 Å². The molecule has 0 spiro atoms. The van der Waals surface area contributed by atoms with Crippen molar-refractivity contribution >= 4 is 30.0 Å². The van der Waals surface area contributed by atoms with E-state index >= 15 is 0 Å². The summed E-state index contributed by atoms with van der Waals surface area (Å²) in [5, 5.41) is 15.1. The van der Waals surface area contributed by atoms with E-state index in [-0.39, 0.29) is 18.9 Å². The standard InChI is InChI=1S/C13H14N4O7/c1-2-5-23-12(19)8-15-10(18)7-16(13(15)20)14-6-9-3-4-11(24-9)17(21)22/h3-4,6H,2,5,7-8H2,1H3/b14-6+. The molecule has 0 radical (unpaired) electrons. The van der Waals surface area contributed by atoms with Crippen molar-refractivity contribution in [3.63, 3.8) is 0 Å². The minimum absolute atomic E-state index is 0.0442. The molecule has 1 aliphatic rings. The summed E-state index contributed by atoms with van der Waals surface area (Å²) in [6.45, 7) is 1.18. The number of hydrogen-bond donors (Lipinski definition) is 0. The Kier molecular flexibility index (Phi) is 5.24. The Morgan fingerprint density at radius 2 is 2.25 bits per heavy atom. The van der Waals surface area contributed by atoms with Crippen molar-refractivity contribution in [2.45, 2.75) is 13.3 Å². The van der Waals surface area contributed by atoms with Crippen LogP contribution in [0.15, 0.2) is 21.7 Å². The van der Waals surface area contributed by atoms with E-state index in [0.717, 1.165) is 22.2 Å². The number of urea groups is 1. The largest absolute Gasteiger partial charge is 0.464 e. The van der Waals surface area contributed by atoms with Crippen LogP contribution in [0.4, 0.5) is 10.7 Å². The Labute approximate surface area is 135 Å². The Balaban J connectivity index is 1.98. The van der Waals surface area contributed by atoms with Gasteiger partial charge in [-0.2, -0.15) is 5.10 Å². The zero-order valence-electron chi connectivity index (χ0n) is 12.7. The molecule has 1 aliphatic heterocycles. The summed E-state index contributed by atoms with van der Waals surface area (Å²) < 4.78 is 9.66. The van der Waals surface area contributed by atoms with Crippen molar-refractivity contribution in [2.24, 2.45) is 5.10 Å². The summed E-state index contributed by atoms with van der Waals surface area (Å²) in [5.41, 5.74) is 0. The lowest BCUT2D eigenvalue weighted by molar-refractivity contribution is -0.402. The molecular formula is C13H14N4O7. The predicted octanol–water partition coefficient (Wildman–Crippen LogP) is 0.739. The second kappa shape index (κ2) is 7.35. The van der Waals surface area contributed by atoms with E-state index in [1.54, 1.807) is 0 Å². The number of imide groups is 1. The molecule has 1 aromatic heterocycles. The molecular weight excluding hydrogens is 324 g/mol. The average molecular weight is 338 g/mol. The highest BCUT2D eigenvalue weighted by Gasteiger charge is 2.37. The number of furan rings is 1. The van der Waals surface area contributed by atoms with Crippen molar-refractivity contribution in [1.82, 2.24) is 9.91 Å². The van der Waals surface area contributed by atoms with Crippen LogP contribution in [0.5, 0.6) is 0 Å². The van der Waals surface area contributed by atoms with E-state index < -0.39 is 35.3 Å². The molecule has 0 aromatic carbocycles. The predicted molar refractivity (Wildman–Crippen MR) is 78.0 cm³/mol. The minimum Gasteiger partial charge on any atom is -0.464 e. The molecule has 1 saturated heterocycles. The van der Waals surface area contributed by atoms with Gasteiger partial charge in [0.1, 0.15) is 18.0 Å². The van der Waals surface area contributed by atoms with Crippen LogP contribution in [-0.2, 0) is 14.3 Å². The third-order valence-electron chi connectivity index (χ3n) is 2.91. The minimum atomic E-state index is -0.786. The lowest BCUT2D eigenvalue weighted by Gasteiger charge is -2.12. The Bertz CT molecular complexity index is 696. The van der Waals surface area contributed by atoms with Crippen LogP contribution in [0, 0.1) is 10.1 Å². The van der Waals surface area contributed by atoms with Gasteiger partial charge in [-0.15, -0.1) is 0 Å². The summed E-state index contributed by atoms with van der Waals surface area (Å²) in [6, 6.07) is 1.64. The highest BCUT2D eigenvalue weighted by Crippen LogP contribution is 2.15. The van der Waals surface area contributed by atoms with Crippen molar-refractivity contribution in [1.29, 1.82) is 0 Å². The van der Waals surface area contributed by atoms with Crippen LogP contribution in [0.1, 0.15) is 19.1 Å². The number of nitrogens with zero attached hydrogens (tertiary/aromatic N) is 4. The van der Waals surface area contributed by atoms with Gasteiger partial charge in [-0.3, -0.25) is 19.7 Å². The van der Waals surface area contributed by atoms with Crippen molar-refractivity contribution in [2.75, 3.05) is 19.7 Å². The van der Waals surface area contributed by atoms with Gasteiger partial charge < -0.3 is 9.15 Å². The normalized spacial score (nSPS) is 14.7. The first-order valence-electron chi connectivity index (χ1n) is 6.98. The summed E-state index contributed by atoms with van der Waals surface area (Å²) in [4.78, 5) is 45.8. The average Bonchev–Trinajstić information content (AvgIpc) is 3.11. The number of hydrazone groups is 1. The van der Waals surface area contributed by atoms with Gasteiger partial charge in [0, 0.05) is 0 Å². The van der Waals surface area contributed by atoms with E-state index in [1.807, 2.05) is 6.92 Å². The Morgan fingerprint density at radius 1 is 1.50 bits per heavy atom. The monoisotopic (exact) mass is 338 g/mol. The molecule has 0 aliphatic carbocycles. The van der Waals surface area contributed by atoms with Crippen molar-refractivity contribution < 1.29 is 28.5 Å². The van der Waals surface area contributed by atoms with Gasteiger partial charge in [0.2, 0.25) is 0 Å². The fraction of sp³-hybridized carbons (Fsp3) is 0.385. The van der Waals surface area contributed by atoms with E-state index in [9.17, 15) is 24.5 Å². The molecule has 2 rings (SSSR count). The summed E-state index contributed by atoms with van der Waals surface area (Å²) in [7, 11) is 0. The lowest BCUT2D eigenvalue weighted by atomic mass is 10.5. The molecule has 0 unspecified atom stereocenters. The Morgan fingerprint density at radius 3 is 2.88 bits per heavy atom. The van der Waals surface area contributed by atoms with Crippen molar-refractivity contribution in [3.05, 3.63) is 28.0 Å². The number of carbonyl (C=O) groups is 3. The van der Waals surface area contributed by atoms with Gasteiger partial charge in [-0.25, -0.2) is 14.7 Å². The molecule has 0 bridgehead atoms. The maximum absolute atomic E-state index is 12.0. The number of rotatable bonds is 7. The molecule has 11 nitrogen and oxygen atoms in total. The second-order valence-corrected chi connectivity index (χ2v) is 4.72. The van der Waals surface area contributed by atoms with Gasteiger partial charge in [0.25, 0.3) is 5.91 Å². The fourth-order valence-corrected chi connectivity index (χ4v) is 1.80. The number of amides is 3. The highest BCUT2D eigenvalue weighted by atomic mass is 16.6. The molecule has 1 fully saturated rings. The van der Waals surface area contributed by atoms with Gasteiger partial charge in [-0.05, 0) is 12.5 Å². The van der Waals surface area contributed by atoms with Gasteiger partial charge in [-0.1, -0.05) is 6.92 Å². The van der Waals surface area contributed by atoms with E-state index in [4.69, 9.17) is 9.15 Å². The number of esters is 1. The van der Waals surface area contributed by atoms with E-state index in [1.165, 1.54) is 6.07 Å². The number of carbonyl (C=O) groups excluding carboxylic acids is 3. The lowest BCUT2D eigenvalue weighted by Crippen LogP contribution is -2.36. The zero-order chi connectivity index (χ0) is 17.7. The van der Waals surface area contributed by atoms with Crippen LogP contribution < -0.4 is 0 Å². The summed E-state index contributed by atoms with van der Waals surface area (Å²) in [5.74, 6) is -1.72. The second-order valence-electron chi connectivity index (χ2n) is 4.72. The topological polar surface area (TPSA) is 136 Å². The van der Waals surface area contributed by atoms with Crippen LogP contribution in [0.3, 0.4) is 0 Å². The number of ether oxygens (including phenoxy) is 1. The third kappa shape index (κ3) is 3.94. The molecule has 11 heteroatoms. The molecule has 24 heavy (non-hydrogen) atoms. The molecule has 3 amide bonds. The van der Waals surface area contributed by atoms with Gasteiger partial charge >= 0.3 is 17.9 Å².